The monoisotopic (exact) mass is 578 g/mol. The molecule has 8 aromatic rings. The van der Waals surface area contributed by atoms with E-state index in [-0.39, 0.29) is 0 Å². The van der Waals surface area contributed by atoms with Gasteiger partial charge in [-0.05, 0) is 36.8 Å². The van der Waals surface area contributed by atoms with E-state index < -0.39 is 0 Å². The summed E-state index contributed by atoms with van der Waals surface area (Å²) >= 11 is 0. The molecule has 4 aromatic heterocycles. The average Bonchev–Trinajstić information content (AvgIpc) is 3.12. The molecule has 8 rings (SSSR count). The van der Waals surface area contributed by atoms with Crippen molar-refractivity contribution in [3.05, 3.63) is 145 Å². The highest BCUT2D eigenvalue weighted by molar-refractivity contribution is 6.05. The zero-order valence-electron chi connectivity index (χ0n) is 24.5. The highest BCUT2D eigenvalue weighted by Crippen LogP contribution is 2.32. The highest BCUT2D eigenvalue weighted by Gasteiger charge is 2.14. The number of hydrogen-bond donors (Lipinski definition) is 0. The van der Waals surface area contributed by atoms with E-state index in [1.165, 1.54) is 0 Å². The van der Waals surface area contributed by atoms with Crippen LogP contribution < -0.4 is 0 Å². The third kappa shape index (κ3) is 5.08. The van der Waals surface area contributed by atoms with Crippen molar-refractivity contribution in [1.82, 2.24) is 29.9 Å². The van der Waals surface area contributed by atoms with Crippen molar-refractivity contribution in [2.75, 3.05) is 0 Å². The molecule has 0 fully saturated rings. The fraction of sp³-hybridized carbons (Fsp3) is 0.0256. The number of benzene rings is 4. The first kappa shape index (κ1) is 26.5. The maximum Gasteiger partial charge on any atom is 0.182 e. The van der Waals surface area contributed by atoms with Gasteiger partial charge in [-0.2, -0.15) is 0 Å². The summed E-state index contributed by atoms with van der Waals surface area (Å²) in [5, 5.41) is 2.16. The van der Waals surface area contributed by atoms with Crippen molar-refractivity contribution in [2.24, 2.45) is 0 Å². The molecule has 0 atom stereocenters. The molecule has 0 aliphatic heterocycles. The van der Waals surface area contributed by atoms with E-state index in [0.29, 0.717) is 23.2 Å². The molecule has 0 saturated carbocycles. The molecule has 0 spiro atoms. The number of nitrogens with zero attached hydrogens (tertiary/aromatic N) is 6. The summed E-state index contributed by atoms with van der Waals surface area (Å²) in [7, 11) is 0. The lowest BCUT2D eigenvalue weighted by molar-refractivity contribution is 1.06. The predicted octanol–water partition coefficient (Wildman–Crippen LogP) is 9.01. The summed E-state index contributed by atoms with van der Waals surface area (Å²) in [5.74, 6) is 1.72. The van der Waals surface area contributed by atoms with Crippen molar-refractivity contribution >= 4 is 21.8 Å². The van der Waals surface area contributed by atoms with Crippen molar-refractivity contribution < 1.29 is 0 Å². The molecule has 4 aromatic carbocycles. The molecule has 0 aliphatic carbocycles. The van der Waals surface area contributed by atoms with E-state index >= 15 is 0 Å². The zero-order valence-corrected chi connectivity index (χ0v) is 24.5. The molecule has 0 N–H and O–H groups in total. The maximum atomic E-state index is 5.17. The Morgan fingerprint density at radius 2 is 0.978 bits per heavy atom. The molecule has 0 amide bonds. The molecule has 0 radical (unpaired) electrons. The summed E-state index contributed by atoms with van der Waals surface area (Å²) in [6.07, 6.45) is 1.75. The van der Waals surface area contributed by atoms with Crippen LogP contribution in [0, 0.1) is 6.92 Å². The van der Waals surface area contributed by atoms with Crippen LogP contribution in [0.1, 0.15) is 5.56 Å². The van der Waals surface area contributed by atoms with Gasteiger partial charge in [0.15, 0.2) is 17.5 Å². The summed E-state index contributed by atoms with van der Waals surface area (Å²) in [5.41, 5.74) is 9.35. The van der Waals surface area contributed by atoms with E-state index in [1.54, 1.807) is 6.20 Å². The standard InChI is InChI=1S/C39H26N6/c1-25-24-34(42-36-31(25)21-19-28-20-22-32(41-35(28)36)26-10-4-2-5-11-26)27-15-17-30(18-16-27)38-43-37(29-12-6-3-7-13-29)44-39(45-38)33-14-8-9-23-40-33/h2-24H,1H3. The quantitative estimate of drug-likeness (QED) is 0.190. The molecule has 6 nitrogen and oxygen atoms in total. The Balaban J connectivity index is 1.21. The van der Waals surface area contributed by atoms with Crippen LogP contribution in [0.5, 0.6) is 0 Å². The van der Waals surface area contributed by atoms with Gasteiger partial charge in [-0.15, -0.1) is 0 Å². The first-order valence-corrected chi connectivity index (χ1v) is 14.8. The first-order chi connectivity index (χ1) is 22.2. The van der Waals surface area contributed by atoms with Crippen LogP contribution in [0.3, 0.4) is 0 Å². The van der Waals surface area contributed by atoms with Gasteiger partial charge in [-0.1, -0.05) is 109 Å². The fourth-order valence-electron chi connectivity index (χ4n) is 5.58. The third-order valence-corrected chi connectivity index (χ3v) is 7.92. The van der Waals surface area contributed by atoms with Gasteiger partial charge in [0, 0.05) is 39.2 Å². The normalized spacial score (nSPS) is 11.2. The number of hydrogen-bond acceptors (Lipinski definition) is 6. The second-order valence-corrected chi connectivity index (χ2v) is 10.9. The van der Waals surface area contributed by atoms with Gasteiger partial charge in [-0.3, -0.25) is 4.98 Å². The number of fused-ring (bicyclic) bond motifs is 3. The zero-order chi connectivity index (χ0) is 30.2. The minimum absolute atomic E-state index is 0.532. The summed E-state index contributed by atoms with van der Waals surface area (Å²) in [4.78, 5) is 29.1. The molecule has 0 saturated heterocycles. The van der Waals surface area contributed by atoms with E-state index in [9.17, 15) is 0 Å². The maximum absolute atomic E-state index is 5.17. The lowest BCUT2D eigenvalue weighted by atomic mass is 10.0. The fourth-order valence-corrected chi connectivity index (χ4v) is 5.58. The van der Waals surface area contributed by atoms with E-state index in [0.717, 1.165) is 61.0 Å². The van der Waals surface area contributed by atoms with E-state index in [1.807, 2.05) is 78.9 Å². The highest BCUT2D eigenvalue weighted by atomic mass is 15.0. The third-order valence-electron chi connectivity index (χ3n) is 7.92. The predicted molar refractivity (Wildman–Crippen MR) is 180 cm³/mol. The van der Waals surface area contributed by atoms with Gasteiger partial charge >= 0.3 is 0 Å². The summed E-state index contributed by atoms with van der Waals surface area (Å²) in [6, 6.07) is 44.7. The van der Waals surface area contributed by atoms with Crippen LogP contribution in [-0.2, 0) is 0 Å². The van der Waals surface area contributed by atoms with Crippen molar-refractivity contribution in [3.63, 3.8) is 0 Å². The van der Waals surface area contributed by atoms with Crippen LogP contribution in [0.15, 0.2) is 140 Å². The van der Waals surface area contributed by atoms with E-state index in [4.69, 9.17) is 24.9 Å². The second kappa shape index (κ2) is 11.2. The topological polar surface area (TPSA) is 77.3 Å². The molecular weight excluding hydrogens is 552 g/mol. The lowest BCUT2D eigenvalue weighted by Crippen LogP contribution is -2.01. The molecule has 0 bridgehead atoms. The van der Waals surface area contributed by atoms with Crippen molar-refractivity contribution in [1.29, 1.82) is 0 Å². The Hall–Kier alpha value is -6.14. The van der Waals surface area contributed by atoms with Crippen LogP contribution in [-0.4, -0.2) is 29.9 Å². The molecule has 6 heteroatoms. The average molecular weight is 579 g/mol. The van der Waals surface area contributed by atoms with Crippen LogP contribution in [0.2, 0.25) is 0 Å². The lowest BCUT2D eigenvalue weighted by Gasteiger charge is -2.11. The Labute approximate surface area is 260 Å². The smallest absolute Gasteiger partial charge is 0.182 e. The van der Waals surface area contributed by atoms with Crippen LogP contribution in [0.4, 0.5) is 0 Å². The van der Waals surface area contributed by atoms with Gasteiger partial charge in [-0.25, -0.2) is 24.9 Å². The SMILES string of the molecule is Cc1cc(-c2ccc(-c3nc(-c4ccccc4)nc(-c4ccccn4)n3)cc2)nc2c1ccc1ccc(-c3ccccc3)nc12. The largest absolute Gasteiger partial charge is 0.253 e. The number of pyridine rings is 3. The number of aromatic nitrogens is 6. The molecule has 45 heavy (non-hydrogen) atoms. The Kier molecular flexibility index (Phi) is 6.57. The summed E-state index contributed by atoms with van der Waals surface area (Å²) in [6.45, 7) is 2.13. The van der Waals surface area contributed by atoms with Crippen LogP contribution in [0.25, 0.3) is 78.6 Å². The Morgan fingerprint density at radius 1 is 0.400 bits per heavy atom. The van der Waals surface area contributed by atoms with Gasteiger partial charge in [0.1, 0.15) is 5.69 Å². The number of aryl methyl sites for hydroxylation is 1. The number of rotatable bonds is 5. The first-order valence-electron chi connectivity index (χ1n) is 14.8. The van der Waals surface area contributed by atoms with Crippen LogP contribution >= 0.6 is 0 Å². The molecular formula is C39H26N6. The van der Waals surface area contributed by atoms with Gasteiger partial charge < -0.3 is 0 Å². The van der Waals surface area contributed by atoms with E-state index in [2.05, 4.69) is 66.5 Å². The van der Waals surface area contributed by atoms with Crippen molar-refractivity contribution in [2.45, 2.75) is 6.92 Å². The Bertz CT molecular complexity index is 2250. The minimum atomic E-state index is 0.532. The molecule has 0 aliphatic rings. The minimum Gasteiger partial charge on any atom is -0.253 e. The summed E-state index contributed by atoms with van der Waals surface area (Å²) < 4.78 is 0. The van der Waals surface area contributed by atoms with Crippen molar-refractivity contribution in [3.8, 4) is 56.8 Å². The van der Waals surface area contributed by atoms with Gasteiger partial charge in [0.05, 0.1) is 22.4 Å². The van der Waals surface area contributed by atoms with Gasteiger partial charge in [0.2, 0.25) is 0 Å². The Morgan fingerprint density at radius 3 is 1.69 bits per heavy atom. The molecule has 0 unspecified atom stereocenters. The van der Waals surface area contributed by atoms with Gasteiger partial charge in [0.25, 0.3) is 0 Å². The molecule has 212 valence electrons. The molecule has 4 heterocycles. The second-order valence-electron chi connectivity index (χ2n) is 10.9.